The third-order valence-corrected chi connectivity index (χ3v) is 4.07. The van der Waals surface area contributed by atoms with Gasteiger partial charge >= 0.3 is 0 Å². The summed E-state index contributed by atoms with van der Waals surface area (Å²) in [6.45, 7) is 0. The Morgan fingerprint density at radius 3 is 3.00 bits per heavy atom. The monoisotopic (exact) mass is 375 g/mol. The van der Waals surface area contributed by atoms with Crippen LogP contribution in [0.3, 0.4) is 0 Å². The molecule has 0 saturated carbocycles. The highest BCUT2D eigenvalue weighted by molar-refractivity contribution is 7.99. The lowest BCUT2D eigenvalue weighted by atomic mass is 10.2. The van der Waals surface area contributed by atoms with Crippen molar-refractivity contribution in [2.75, 3.05) is 18.2 Å². The van der Waals surface area contributed by atoms with Gasteiger partial charge in [0.1, 0.15) is 11.4 Å². The predicted molar refractivity (Wildman–Crippen MR) is 93.1 cm³/mol. The van der Waals surface area contributed by atoms with Crippen LogP contribution in [-0.2, 0) is 4.79 Å². The zero-order chi connectivity index (χ0) is 18.5. The number of carbonyl (C=O) groups excluding carboxylic acids is 1. The summed E-state index contributed by atoms with van der Waals surface area (Å²) in [6.07, 6.45) is 1.51. The maximum absolute atomic E-state index is 12.1. The number of nitrogens with one attached hydrogen (secondary N) is 2. The lowest BCUT2D eigenvalue weighted by molar-refractivity contribution is -0.384. The highest BCUT2D eigenvalue weighted by Crippen LogP contribution is 2.29. The molecule has 0 unspecified atom stereocenters. The van der Waals surface area contributed by atoms with Crippen LogP contribution in [0.15, 0.2) is 46.2 Å². The van der Waals surface area contributed by atoms with Gasteiger partial charge in [-0.3, -0.25) is 20.0 Å². The Kier molecular flexibility index (Phi) is 5.17. The summed E-state index contributed by atoms with van der Waals surface area (Å²) in [4.78, 5) is 26.8. The fourth-order valence-electron chi connectivity index (χ4n) is 2.05. The standard InChI is InChI=1S/C15H13N5O5S/c1-24-9-4-5-10(11(7-9)20(22)23)16-13(21)8-26-15-17-14(18-19-15)12-3-2-6-25-12/h2-7H,8H2,1H3,(H,16,21)(H,17,18,19). The number of ether oxygens (including phenoxy) is 1. The number of carbonyl (C=O) groups is 1. The van der Waals surface area contributed by atoms with E-state index in [0.29, 0.717) is 22.5 Å². The molecular weight excluding hydrogens is 362 g/mol. The Morgan fingerprint density at radius 2 is 2.31 bits per heavy atom. The fourth-order valence-corrected chi connectivity index (χ4v) is 2.64. The van der Waals surface area contributed by atoms with E-state index in [-0.39, 0.29) is 17.1 Å². The molecule has 0 aliphatic carbocycles. The number of nitro benzene ring substituents is 1. The number of anilines is 1. The number of rotatable bonds is 7. The van der Waals surface area contributed by atoms with Crippen LogP contribution in [0.25, 0.3) is 11.6 Å². The van der Waals surface area contributed by atoms with Gasteiger partial charge in [-0.25, -0.2) is 0 Å². The van der Waals surface area contributed by atoms with E-state index in [1.54, 1.807) is 12.1 Å². The number of benzene rings is 1. The van der Waals surface area contributed by atoms with Crippen molar-refractivity contribution < 1.29 is 18.9 Å². The molecule has 0 spiro atoms. The van der Waals surface area contributed by atoms with Gasteiger partial charge in [0.05, 0.1) is 30.1 Å². The lowest BCUT2D eigenvalue weighted by Crippen LogP contribution is -2.15. The molecule has 2 heterocycles. The van der Waals surface area contributed by atoms with Crippen molar-refractivity contribution in [3.63, 3.8) is 0 Å². The summed E-state index contributed by atoms with van der Waals surface area (Å²) in [5.41, 5.74) is -0.159. The van der Waals surface area contributed by atoms with Crippen LogP contribution in [0.5, 0.6) is 5.75 Å². The van der Waals surface area contributed by atoms with E-state index in [0.717, 1.165) is 11.8 Å². The van der Waals surface area contributed by atoms with Crippen molar-refractivity contribution in [3.05, 3.63) is 46.7 Å². The second-order valence-corrected chi connectivity index (χ2v) is 5.86. The zero-order valence-corrected chi connectivity index (χ0v) is 14.3. The Balaban J connectivity index is 1.62. The van der Waals surface area contributed by atoms with Crippen molar-refractivity contribution in [2.45, 2.75) is 5.16 Å². The van der Waals surface area contributed by atoms with E-state index in [4.69, 9.17) is 9.15 Å². The van der Waals surface area contributed by atoms with Crippen LogP contribution >= 0.6 is 11.8 Å². The third-order valence-electron chi connectivity index (χ3n) is 3.23. The maximum Gasteiger partial charge on any atom is 0.296 e. The minimum Gasteiger partial charge on any atom is -0.496 e. The number of nitrogens with zero attached hydrogens (tertiary/aromatic N) is 3. The Labute approximate surface area is 151 Å². The normalized spacial score (nSPS) is 10.5. The van der Waals surface area contributed by atoms with Crippen molar-refractivity contribution in [3.8, 4) is 17.3 Å². The van der Waals surface area contributed by atoms with Gasteiger partial charge in [-0.05, 0) is 24.3 Å². The number of thioether (sulfide) groups is 1. The van der Waals surface area contributed by atoms with Crippen LogP contribution in [0.1, 0.15) is 0 Å². The molecule has 0 aliphatic heterocycles. The van der Waals surface area contributed by atoms with Gasteiger partial charge in [0.2, 0.25) is 11.1 Å². The first-order chi connectivity index (χ1) is 12.6. The molecule has 2 N–H and O–H groups in total. The predicted octanol–water partition coefficient (Wildman–Crippen LogP) is 2.71. The van der Waals surface area contributed by atoms with Gasteiger partial charge in [0, 0.05) is 0 Å². The first-order valence-corrected chi connectivity index (χ1v) is 8.26. The molecular formula is C15H13N5O5S. The van der Waals surface area contributed by atoms with Gasteiger partial charge in [-0.2, -0.15) is 4.98 Å². The van der Waals surface area contributed by atoms with Gasteiger partial charge in [0.15, 0.2) is 11.6 Å². The molecule has 3 rings (SSSR count). The molecule has 2 aromatic heterocycles. The topological polar surface area (TPSA) is 136 Å². The molecule has 1 amide bonds. The lowest BCUT2D eigenvalue weighted by Gasteiger charge is -2.06. The number of nitro groups is 1. The molecule has 10 nitrogen and oxygen atoms in total. The number of furan rings is 1. The fraction of sp³-hybridized carbons (Fsp3) is 0.133. The average Bonchev–Trinajstić information content (AvgIpc) is 3.31. The number of hydrogen-bond donors (Lipinski definition) is 2. The van der Waals surface area contributed by atoms with E-state index in [9.17, 15) is 14.9 Å². The number of amides is 1. The van der Waals surface area contributed by atoms with Crippen molar-refractivity contribution >= 4 is 29.0 Å². The summed E-state index contributed by atoms with van der Waals surface area (Å²) in [5, 5.41) is 20.7. The minimum atomic E-state index is -0.587. The van der Waals surface area contributed by atoms with Gasteiger partial charge < -0.3 is 14.5 Å². The molecule has 0 bridgehead atoms. The molecule has 0 radical (unpaired) electrons. The molecule has 1 aromatic carbocycles. The largest absolute Gasteiger partial charge is 0.496 e. The molecule has 0 aliphatic rings. The Bertz CT molecular complexity index is 924. The number of H-pyrrole nitrogens is 1. The van der Waals surface area contributed by atoms with Crippen molar-refractivity contribution in [2.24, 2.45) is 0 Å². The van der Waals surface area contributed by atoms with Crippen LogP contribution in [0.4, 0.5) is 11.4 Å². The minimum absolute atomic E-state index is 0.0152. The highest BCUT2D eigenvalue weighted by Gasteiger charge is 2.18. The van der Waals surface area contributed by atoms with Crippen molar-refractivity contribution in [1.29, 1.82) is 0 Å². The second kappa shape index (κ2) is 7.70. The summed E-state index contributed by atoms with van der Waals surface area (Å²) in [6, 6.07) is 7.64. The quantitative estimate of drug-likeness (QED) is 0.365. The first kappa shape index (κ1) is 17.5. The third kappa shape index (κ3) is 4.00. The second-order valence-electron chi connectivity index (χ2n) is 4.92. The molecule has 3 aromatic rings. The van der Waals surface area contributed by atoms with Gasteiger partial charge in [0.25, 0.3) is 5.69 Å². The van der Waals surface area contributed by atoms with E-state index < -0.39 is 10.8 Å². The van der Waals surface area contributed by atoms with Crippen LogP contribution in [0.2, 0.25) is 0 Å². The smallest absolute Gasteiger partial charge is 0.296 e. The SMILES string of the molecule is COc1ccc(NC(=O)CSc2n[nH]c(-c3ccco3)n2)c([N+](=O)[O-])c1. The molecule has 134 valence electrons. The molecule has 0 fully saturated rings. The van der Waals surface area contributed by atoms with Gasteiger partial charge in [-0.15, -0.1) is 5.10 Å². The maximum atomic E-state index is 12.1. The summed E-state index contributed by atoms with van der Waals surface area (Å²) >= 11 is 1.09. The molecule has 26 heavy (non-hydrogen) atoms. The summed E-state index contributed by atoms with van der Waals surface area (Å²) in [5.74, 6) is 0.868. The number of aromatic nitrogens is 3. The molecule has 11 heteroatoms. The number of hydrogen-bond acceptors (Lipinski definition) is 8. The van der Waals surface area contributed by atoms with E-state index in [1.165, 1.54) is 31.6 Å². The molecule has 0 saturated heterocycles. The van der Waals surface area contributed by atoms with Crippen LogP contribution in [0, 0.1) is 10.1 Å². The highest BCUT2D eigenvalue weighted by atomic mass is 32.2. The zero-order valence-electron chi connectivity index (χ0n) is 13.5. The summed E-state index contributed by atoms with van der Waals surface area (Å²) in [7, 11) is 1.40. The molecule has 0 atom stereocenters. The Morgan fingerprint density at radius 1 is 1.46 bits per heavy atom. The van der Waals surface area contributed by atoms with Gasteiger partial charge in [-0.1, -0.05) is 11.8 Å². The number of aromatic amines is 1. The van der Waals surface area contributed by atoms with Crippen molar-refractivity contribution in [1.82, 2.24) is 15.2 Å². The number of methoxy groups -OCH3 is 1. The summed E-state index contributed by atoms with van der Waals surface area (Å²) < 4.78 is 10.1. The first-order valence-electron chi connectivity index (χ1n) is 7.28. The van der Waals surface area contributed by atoms with Crippen LogP contribution in [-0.4, -0.2) is 38.9 Å². The average molecular weight is 375 g/mol. The van der Waals surface area contributed by atoms with Crippen LogP contribution < -0.4 is 10.1 Å². The Hall–Kier alpha value is -3.34. The van der Waals surface area contributed by atoms with E-state index in [1.807, 2.05) is 0 Å². The van der Waals surface area contributed by atoms with E-state index >= 15 is 0 Å². The van der Waals surface area contributed by atoms with E-state index in [2.05, 4.69) is 20.5 Å².